The van der Waals surface area contributed by atoms with E-state index in [0.717, 1.165) is 149 Å². The first kappa shape index (κ1) is 48.3. The predicted octanol–water partition coefficient (Wildman–Crippen LogP) is 15.2. The number of hydrogen-bond acceptors (Lipinski definition) is 6. The summed E-state index contributed by atoms with van der Waals surface area (Å²) in [6.07, 6.45) is 11.0. The van der Waals surface area contributed by atoms with Crippen LogP contribution in [0.15, 0.2) is 183 Å². The lowest BCUT2D eigenvalue weighted by molar-refractivity contribution is 0.289. The van der Waals surface area contributed by atoms with Crippen molar-refractivity contribution >= 4 is 0 Å². The molecule has 0 aromatic heterocycles. The van der Waals surface area contributed by atoms with Gasteiger partial charge in [0, 0.05) is 38.5 Å². The summed E-state index contributed by atoms with van der Waals surface area (Å²) in [6.45, 7) is 10.7. The molecule has 16 bridgehead atoms. The summed E-state index contributed by atoms with van der Waals surface area (Å²) < 4.78 is 42.4. The summed E-state index contributed by atoms with van der Waals surface area (Å²) >= 11 is 0. The van der Waals surface area contributed by atoms with Gasteiger partial charge in [0.15, 0.2) is 0 Å². The van der Waals surface area contributed by atoms with Crippen molar-refractivity contribution in [1.82, 2.24) is 0 Å². The molecule has 4 heterocycles. The zero-order valence-electron chi connectivity index (χ0n) is 42.3. The van der Waals surface area contributed by atoms with Gasteiger partial charge in [0.25, 0.3) is 0 Å². The average Bonchev–Trinajstić information content (AvgIpc) is 3.41. The van der Waals surface area contributed by atoms with Crippen LogP contribution in [-0.2, 0) is 65.0 Å². The van der Waals surface area contributed by atoms with Gasteiger partial charge in [-0.1, -0.05) is 158 Å². The maximum absolute atomic E-state index is 7.14. The highest BCUT2D eigenvalue weighted by atomic mass is 16.5. The maximum atomic E-state index is 7.14. The number of allylic oxidation sites excluding steroid dienone is 2. The fraction of sp³-hybridized carbons (Fsp3) is 0.235. The highest BCUT2D eigenvalue weighted by Crippen LogP contribution is 2.41. The Kier molecular flexibility index (Phi) is 14.9. The summed E-state index contributed by atoms with van der Waals surface area (Å²) in [5, 5.41) is 0. The van der Waals surface area contributed by atoms with Gasteiger partial charge in [-0.05, 0) is 127 Å². The molecular formula is C68H64O6. The molecule has 0 aliphatic carbocycles. The zero-order chi connectivity index (χ0) is 50.1. The Balaban J connectivity index is 1.17. The fourth-order valence-electron chi connectivity index (χ4n) is 10.9. The van der Waals surface area contributed by atoms with Crippen LogP contribution >= 0.6 is 0 Å². The SMILES string of the molecule is C=CCCCOc1c2cccc1Cc1cccc3c1OCc1cccc(c1)COc1c(cccc1Cc1cccc4c1OCc1cccc(c1)COc1c(cccc1C3)Cc1cccc(c1OCCCC=C)C4)C2. The van der Waals surface area contributed by atoms with Gasteiger partial charge in [-0.2, -0.15) is 0 Å². The molecule has 8 aromatic carbocycles. The maximum Gasteiger partial charge on any atom is 0.126 e. The van der Waals surface area contributed by atoms with Crippen LogP contribution in [0.1, 0.15) is 115 Å². The van der Waals surface area contributed by atoms with E-state index in [1.807, 2.05) is 12.2 Å². The number of fused-ring (bicyclic) bond motifs is 4. The van der Waals surface area contributed by atoms with Crippen LogP contribution in [0.3, 0.4) is 0 Å². The average molecular weight is 977 g/mol. The van der Waals surface area contributed by atoms with Gasteiger partial charge in [-0.15, -0.1) is 13.2 Å². The lowest BCUT2D eigenvalue weighted by Crippen LogP contribution is -2.10. The lowest BCUT2D eigenvalue weighted by atomic mass is 9.91. The minimum Gasteiger partial charge on any atom is -0.493 e. The fourth-order valence-corrected chi connectivity index (χ4v) is 10.9. The molecule has 6 heteroatoms. The first-order valence-electron chi connectivity index (χ1n) is 26.4. The van der Waals surface area contributed by atoms with E-state index in [4.69, 9.17) is 28.4 Å². The predicted molar refractivity (Wildman–Crippen MR) is 296 cm³/mol. The molecule has 6 nitrogen and oxygen atoms in total. The Morgan fingerprint density at radius 3 is 0.811 bits per heavy atom. The lowest BCUT2D eigenvalue weighted by Gasteiger charge is -2.23. The van der Waals surface area contributed by atoms with Gasteiger partial charge in [0.1, 0.15) is 60.9 Å². The molecule has 12 rings (SSSR count). The zero-order valence-corrected chi connectivity index (χ0v) is 42.3. The second-order valence-corrected chi connectivity index (χ2v) is 19.8. The van der Waals surface area contributed by atoms with Gasteiger partial charge in [-0.25, -0.2) is 0 Å². The van der Waals surface area contributed by atoms with Crippen LogP contribution in [0.4, 0.5) is 0 Å². The molecule has 0 fully saturated rings. The molecule has 74 heavy (non-hydrogen) atoms. The van der Waals surface area contributed by atoms with E-state index in [1.54, 1.807) is 0 Å². The first-order valence-corrected chi connectivity index (χ1v) is 26.4. The Bertz CT molecular complexity index is 2900. The molecule has 0 saturated heterocycles. The van der Waals surface area contributed by atoms with Crippen molar-refractivity contribution in [3.8, 4) is 34.5 Å². The third kappa shape index (κ3) is 11.0. The van der Waals surface area contributed by atoms with E-state index in [0.29, 0.717) is 78.2 Å². The number of benzene rings is 8. The van der Waals surface area contributed by atoms with Crippen molar-refractivity contribution in [2.75, 3.05) is 13.2 Å². The molecule has 0 saturated carbocycles. The van der Waals surface area contributed by atoms with Crippen LogP contribution in [0.5, 0.6) is 34.5 Å². The normalized spacial score (nSPS) is 13.7. The molecule has 0 spiro atoms. The summed E-state index contributed by atoms with van der Waals surface area (Å²) in [7, 11) is 0. The Morgan fingerprint density at radius 2 is 0.554 bits per heavy atom. The molecule has 0 N–H and O–H groups in total. The highest BCUT2D eigenvalue weighted by Gasteiger charge is 2.24. The largest absolute Gasteiger partial charge is 0.493 e. The van der Waals surface area contributed by atoms with Gasteiger partial charge < -0.3 is 28.4 Å². The minimum absolute atomic E-state index is 0.384. The smallest absolute Gasteiger partial charge is 0.126 e. The molecule has 0 amide bonds. The van der Waals surface area contributed by atoms with Crippen molar-refractivity contribution in [2.45, 2.75) is 90.6 Å². The van der Waals surface area contributed by atoms with Crippen molar-refractivity contribution < 1.29 is 28.4 Å². The molecule has 0 atom stereocenters. The molecule has 4 aliphatic heterocycles. The van der Waals surface area contributed by atoms with Gasteiger partial charge in [0.2, 0.25) is 0 Å². The Morgan fingerprint density at radius 1 is 0.324 bits per heavy atom. The van der Waals surface area contributed by atoms with Crippen LogP contribution in [-0.4, -0.2) is 13.2 Å². The standard InChI is InChI=1S/C68H64O6/c1-3-5-7-33-69-63-51-21-11-22-52(63)38-56-26-14-30-60-42-62-32-16-28-58-40-54-24-12-23-53(64(54)70-34-8-6-4-2)39-57-27-15-31-61(67(57)73-45-49-19-10-20-50(36-49)46-74-68(58)62)41-59-29-13-25-55(37-51)65(59)71-43-47-17-9-18-48(35-47)44-72-66(56)60/h3-4,9-32,35-36H,1-2,5-8,33-34,37-46H2. The Hall–Kier alpha value is -7.96. The number of hydrogen-bond donors (Lipinski definition) is 0. The van der Waals surface area contributed by atoms with E-state index in [9.17, 15) is 0 Å². The number of ether oxygens (including phenoxy) is 6. The molecule has 0 radical (unpaired) electrons. The Labute approximate surface area is 436 Å². The number of para-hydroxylation sites is 6. The van der Waals surface area contributed by atoms with E-state index in [2.05, 4.69) is 171 Å². The first-order chi connectivity index (χ1) is 36.6. The second kappa shape index (κ2) is 22.9. The van der Waals surface area contributed by atoms with Crippen LogP contribution in [0.25, 0.3) is 0 Å². The van der Waals surface area contributed by atoms with E-state index in [1.165, 1.54) is 0 Å². The van der Waals surface area contributed by atoms with Crippen molar-refractivity contribution in [3.05, 3.63) is 272 Å². The molecule has 0 unspecified atom stereocenters. The number of unbranched alkanes of at least 4 members (excludes halogenated alkanes) is 2. The van der Waals surface area contributed by atoms with Crippen molar-refractivity contribution in [1.29, 1.82) is 0 Å². The van der Waals surface area contributed by atoms with Gasteiger partial charge in [0.05, 0.1) is 13.2 Å². The highest BCUT2D eigenvalue weighted by molar-refractivity contribution is 5.57. The van der Waals surface area contributed by atoms with Crippen LogP contribution in [0, 0.1) is 0 Å². The molecule has 372 valence electrons. The van der Waals surface area contributed by atoms with Crippen molar-refractivity contribution in [2.24, 2.45) is 0 Å². The van der Waals surface area contributed by atoms with Gasteiger partial charge >= 0.3 is 0 Å². The minimum atomic E-state index is 0.384. The van der Waals surface area contributed by atoms with E-state index in [-0.39, 0.29) is 0 Å². The summed E-state index contributed by atoms with van der Waals surface area (Å²) in [5.74, 6) is 5.31. The van der Waals surface area contributed by atoms with Crippen LogP contribution < -0.4 is 28.4 Å². The van der Waals surface area contributed by atoms with Gasteiger partial charge in [-0.3, -0.25) is 0 Å². The topological polar surface area (TPSA) is 55.4 Å². The quantitative estimate of drug-likeness (QED) is 0.101. The van der Waals surface area contributed by atoms with E-state index >= 15 is 0 Å². The summed E-state index contributed by atoms with van der Waals surface area (Å²) in [6, 6.07) is 56.8. The third-order valence-electron chi connectivity index (χ3n) is 14.5. The monoisotopic (exact) mass is 976 g/mol. The summed E-state index contributed by atoms with van der Waals surface area (Å²) in [5.41, 5.74) is 17.4. The van der Waals surface area contributed by atoms with Crippen molar-refractivity contribution in [3.63, 3.8) is 0 Å². The third-order valence-corrected chi connectivity index (χ3v) is 14.5. The van der Waals surface area contributed by atoms with E-state index < -0.39 is 0 Å². The summed E-state index contributed by atoms with van der Waals surface area (Å²) in [4.78, 5) is 0. The second-order valence-electron chi connectivity index (χ2n) is 19.8. The molecule has 8 aromatic rings. The van der Waals surface area contributed by atoms with Crippen LogP contribution in [0.2, 0.25) is 0 Å². The number of rotatable bonds is 10. The molecular weight excluding hydrogens is 913 g/mol. The molecule has 4 aliphatic rings.